The first-order valence-electron chi connectivity index (χ1n) is 9.38. The third-order valence-electron chi connectivity index (χ3n) is 5.03. The molecule has 0 N–H and O–H groups in total. The van der Waals surface area contributed by atoms with Crippen molar-refractivity contribution in [1.82, 2.24) is 9.78 Å². The van der Waals surface area contributed by atoms with Crippen LogP contribution in [0, 0.1) is 5.82 Å². The fourth-order valence-electron chi connectivity index (χ4n) is 3.50. The third-order valence-corrected chi connectivity index (χ3v) is 5.03. The molecule has 0 bridgehead atoms. The van der Waals surface area contributed by atoms with Crippen molar-refractivity contribution in [1.29, 1.82) is 0 Å². The van der Waals surface area contributed by atoms with Gasteiger partial charge in [-0.05, 0) is 43.5 Å². The van der Waals surface area contributed by atoms with Crippen molar-refractivity contribution in [3.8, 4) is 11.3 Å². The van der Waals surface area contributed by atoms with Crippen molar-refractivity contribution < 1.29 is 4.39 Å². The highest BCUT2D eigenvalue weighted by Gasteiger charge is 2.11. The SMILES string of the molecule is O=c1ccc(-c2ccc(N3CCCCC3)cc2)nn1Cc1ccccc1F. The monoisotopic (exact) mass is 363 g/mol. The summed E-state index contributed by atoms with van der Waals surface area (Å²) in [7, 11) is 0. The molecule has 5 heteroatoms. The van der Waals surface area contributed by atoms with E-state index >= 15 is 0 Å². The van der Waals surface area contributed by atoms with Gasteiger partial charge in [-0.2, -0.15) is 5.10 Å². The lowest BCUT2D eigenvalue weighted by Crippen LogP contribution is -2.29. The van der Waals surface area contributed by atoms with Gasteiger partial charge in [-0.25, -0.2) is 9.07 Å². The van der Waals surface area contributed by atoms with Crippen LogP contribution in [-0.2, 0) is 6.54 Å². The van der Waals surface area contributed by atoms with Crippen LogP contribution in [0.4, 0.5) is 10.1 Å². The summed E-state index contributed by atoms with van der Waals surface area (Å²) in [6.45, 7) is 2.32. The summed E-state index contributed by atoms with van der Waals surface area (Å²) >= 11 is 0. The Morgan fingerprint density at radius 2 is 1.63 bits per heavy atom. The summed E-state index contributed by atoms with van der Waals surface area (Å²) in [4.78, 5) is 14.6. The molecule has 2 heterocycles. The minimum Gasteiger partial charge on any atom is -0.372 e. The average Bonchev–Trinajstić information content (AvgIpc) is 2.72. The molecule has 4 rings (SSSR count). The maximum atomic E-state index is 13.9. The topological polar surface area (TPSA) is 38.1 Å². The van der Waals surface area contributed by atoms with Crippen molar-refractivity contribution >= 4 is 5.69 Å². The molecule has 0 amide bonds. The highest BCUT2D eigenvalue weighted by atomic mass is 19.1. The lowest BCUT2D eigenvalue weighted by molar-refractivity contribution is 0.573. The number of rotatable bonds is 4. The van der Waals surface area contributed by atoms with Crippen LogP contribution in [0.15, 0.2) is 65.5 Å². The lowest BCUT2D eigenvalue weighted by Gasteiger charge is -2.28. The van der Waals surface area contributed by atoms with E-state index in [0.29, 0.717) is 11.3 Å². The molecule has 0 aliphatic carbocycles. The van der Waals surface area contributed by atoms with E-state index in [1.165, 1.54) is 41.8 Å². The molecule has 3 aromatic rings. The molecule has 138 valence electrons. The number of nitrogens with zero attached hydrogens (tertiary/aromatic N) is 3. The maximum Gasteiger partial charge on any atom is 0.267 e. The minimum absolute atomic E-state index is 0.116. The van der Waals surface area contributed by atoms with Gasteiger partial charge in [0.05, 0.1) is 12.2 Å². The minimum atomic E-state index is -0.331. The molecular weight excluding hydrogens is 341 g/mol. The molecule has 1 saturated heterocycles. The quantitative estimate of drug-likeness (QED) is 0.701. The van der Waals surface area contributed by atoms with Gasteiger partial charge in [0.1, 0.15) is 5.82 Å². The smallest absolute Gasteiger partial charge is 0.267 e. The molecule has 0 unspecified atom stereocenters. The summed E-state index contributed by atoms with van der Waals surface area (Å²) < 4.78 is 15.2. The zero-order valence-corrected chi connectivity index (χ0v) is 15.1. The molecule has 0 spiro atoms. The largest absolute Gasteiger partial charge is 0.372 e. The second-order valence-corrected chi connectivity index (χ2v) is 6.90. The molecule has 0 atom stereocenters. The number of hydrogen-bond acceptors (Lipinski definition) is 3. The van der Waals surface area contributed by atoms with Crippen LogP contribution in [0.1, 0.15) is 24.8 Å². The first-order valence-corrected chi connectivity index (χ1v) is 9.38. The van der Waals surface area contributed by atoms with Gasteiger partial charge in [-0.1, -0.05) is 30.3 Å². The molecule has 1 aromatic heterocycles. The van der Waals surface area contributed by atoms with Crippen LogP contribution in [0.25, 0.3) is 11.3 Å². The Bertz CT molecular complexity index is 975. The number of aromatic nitrogens is 2. The molecule has 0 radical (unpaired) electrons. The lowest BCUT2D eigenvalue weighted by atomic mass is 10.1. The van der Waals surface area contributed by atoms with E-state index in [9.17, 15) is 9.18 Å². The van der Waals surface area contributed by atoms with Crippen molar-refractivity contribution in [2.75, 3.05) is 18.0 Å². The van der Waals surface area contributed by atoms with Gasteiger partial charge >= 0.3 is 0 Å². The van der Waals surface area contributed by atoms with E-state index in [2.05, 4.69) is 22.1 Å². The zero-order valence-electron chi connectivity index (χ0n) is 15.1. The second-order valence-electron chi connectivity index (χ2n) is 6.90. The van der Waals surface area contributed by atoms with E-state index in [1.54, 1.807) is 24.3 Å². The average molecular weight is 363 g/mol. The van der Waals surface area contributed by atoms with Gasteiger partial charge in [0.25, 0.3) is 5.56 Å². The van der Waals surface area contributed by atoms with Crippen molar-refractivity contribution in [3.05, 3.63) is 82.4 Å². The highest BCUT2D eigenvalue weighted by molar-refractivity contribution is 5.62. The molecule has 4 nitrogen and oxygen atoms in total. The van der Waals surface area contributed by atoms with Crippen LogP contribution in [-0.4, -0.2) is 22.9 Å². The fourth-order valence-corrected chi connectivity index (χ4v) is 3.50. The predicted octanol–water partition coefficient (Wildman–Crippen LogP) is 4.09. The molecule has 1 aliphatic rings. The Labute approximate surface area is 157 Å². The third kappa shape index (κ3) is 3.92. The van der Waals surface area contributed by atoms with Crippen LogP contribution in [0.5, 0.6) is 0 Å². The van der Waals surface area contributed by atoms with Crippen molar-refractivity contribution in [3.63, 3.8) is 0 Å². The maximum absolute atomic E-state index is 13.9. The molecular formula is C22H22FN3O. The Morgan fingerprint density at radius 3 is 2.37 bits per heavy atom. The number of anilines is 1. The van der Waals surface area contributed by atoms with E-state index in [-0.39, 0.29) is 17.9 Å². The fraction of sp³-hybridized carbons (Fsp3) is 0.273. The molecule has 1 aliphatic heterocycles. The van der Waals surface area contributed by atoms with Gasteiger partial charge in [0, 0.05) is 36.0 Å². The van der Waals surface area contributed by atoms with Gasteiger partial charge in [0.15, 0.2) is 0 Å². The number of piperidine rings is 1. The molecule has 1 fully saturated rings. The highest BCUT2D eigenvalue weighted by Crippen LogP contribution is 2.23. The first-order chi connectivity index (χ1) is 13.2. The van der Waals surface area contributed by atoms with E-state index in [1.807, 2.05) is 12.1 Å². The number of hydrogen-bond donors (Lipinski definition) is 0. The molecule has 0 saturated carbocycles. The van der Waals surface area contributed by atoms with Crippen LogP contribution in [0.2, 0.25) is 0 Å². The standard InChI is InChI=1S/C22H22FN3O/c23-20-7-3-2-6-18(20)16-26-22(27)13-12-21(24-26)17-8-10-19(11-9-17)25-14-4-1-5-15-25/h2-3,6-13H,1,4-5,14-16H2. The van der Waals surface area contributed by atoms with E-state index in [0.717, 1.165) is 18.7 Å². The summed E-state index contributed by atoms with van der Waals surface area (Å²) in [5.41, 5.74) is 3.07. The molecule has 2 aromatic carbocycles. The Hall–Kier alpha value is -2.95. The van der Waals surface area contributed by atoms with E-state index < -0.39 is 0 Å². The van der Waals surface area contributed by atoms with Gasteiger partial charge in [-0.15, -0.1) is 0 Å². The van der Waals surface area contributed by atoms with Crippen LogP contribution < -0.4 is 10.5 Å². The molecule has 27 heavy (non-hydrogen) atoms. The van der Waals surface area contributed by atoms with Crippen LogP contribution in [0.3, 0.4) is 0 Å². The van der Waals surface area contributed by atoms with Gasteiger partial charge in [-0.3, -0.25) is 4.79 Å². The van der Waals surface area contributed by atoms with Gasteiger partial charge < -0.3 is 4.90 Å². The van der Waals surface area contributed by atoms with E-state index in [4.69, 9.17) is 0 Å². The first kappa shape index (κ1) is 17.5. The van der Waals surface area contributed by atoms with Crippen molar-refractivity contribution in [2.24, 2.45) is 0 Å². The van der Waals surface area contributed by atoms with Crippen molar-refractivity contribution in [2.45, 2.75) is 25.8 Å². The second kappa shape index (κ2) is 7.74. The summed E-state index contributed by atoms with van der Waals surface area (Å²) in [5.74, 6) is -0.331. The Morgan fingerprint density at radius 1 is 0.889 bits per heavy atom. The predicted molar refractivity (Wildman–Crippen MR) is 105 cm³/mol. The zero-order chi connectivity index (χ0) is 18.6. The summed E-state index contributed by atoms with van der Waals surface area (Å²) in [6.07, 6.45) is 3.79. The Balaban J connectivity index is 1.59. The summed E-state index contributed by atoms with van der Waals surface area (Å²) in [6, 6.07) is 17.9. The normalized spacial score (nSPS) is 14.3. The number of benzene rings is 2. The summed E-state index contributed by atoms with van der Waals surface area (Å²) in [5, 5.41) is 4.45. The Kier molecular flexibility index (Phi) is 5.01. The van der Waals surface area contributed by atoms with Crippen LogP contribution >= 0.6 is 0 Å². The number of halogens is 1. The van der Waals surface area contributed by atoms with Gasteiger partial charge in [0.2, 0.25) is 0 Å².